The molecule has 0 aromatic rings. The van der Waals surface area contributed by atoms with Crippen molar-refractivity contribution in [2.45, 2.75) is 97.0 Å². The number of hydrogen-bond acceptors (Lipinski definition) is 4. The molecule has 0 aromatic heterocycles. The van der Waals surface area contributed by atoms with Crippen LogP contribution in [0.3, 0.4) is 0 Å². The van der Waals surface area contributed by atoms with Crippen LogP contribution in [-0.2, 0) is 9.53 Å². The predicted molar refractivity (Wildman–Crippen MR) is 94.3 cm³/mol. The van der Waals surface area contributed by atoms with Crippen LogP contribution >= 0.6 is 0 Å². The average Bonchev–Trinajstić information content (AvgIpc) is 2.56. The minimum Gasteiger partial charge on any atom is -0.462 e. The van der Waals surface area contributed by atoms with Crippen molar-refractivity contribution in [2.24, 2.45) is 5.92 Å². The summed E-state index contributed by atoms with van der Waals surface area (Å²) in [6, 6.07) is 0. The fourth-order valence-electron chi connectivity index (χ4n) is 2.67. The van der Waals surface area contributed by atoms with Gasteiger partial charge in [-0.15, -0.1) is 0 Å². The largest absolute Gasteiger partial charge is 0.462 e. The summed E-state index contributed by atoms with van der Waals surface area (Å²) < 4.78 is 5.63. The molecule has 0 rings (SSSR count). The van der Waals surface area contributed by atoms with Gasteiger partial charge in [0, 0.05) is 25.6 Å². The fourth-order valence-corrected chi connectivity index (χ4v) is 2.67. The van der Waals surface area contributed by atoms with Crippen molar-refractivity contribution in [2.75, 3.05) is 13.2 Å². The number of hydrogen-bond donors (Lipinski definition) is 2. The smallest absolute Gasteiger partial charge is 0.306 e. The van der Waals surface area contributed by atoms with Crippen molar-refractivity contribution in [1.29, 1.82) is 0 Å². The summed E-state index contributed by atoms with van der Waals surface area (Å²) >= 11 is 0. The number of aliphatic hydroxyl groups is 2. The molecule has 0 saturated carbocycles. The quantitative estimate of drug-likeness (QED) is 0.328. The first-order valence-electron chi connectivity index (χ1n) is 9.59. The van der Waals surface area contributed by atoms with Gasteiger partial charge >= 0.3 is 5.97 Å². The Morgan fingerprint density at radius 1 is 0.826 bits per heavy atom. The molecule has 0 saturated heterocycles. The number of carbonyl (C=O) groups excluding carboxylic acids is 1. The molecule has 0 radical (unpaired) electrons. The van der Waals surface area contributed by atoms with Gasteiger partial charge in [-0.1, -0.05) is 58.8 Å². The number of ether oxygens (including phenoxy) is 1. The van der Waals surface area contributed by atoms with Crippen molar-refractivity contribution < 1.29 is 19.7 Å². The van der Waals surface area contributed by atoms with E-state index in [1.165, 1.54) is 0 Å². The Morgan fingerprint density at radius 2 is 1.39 bits per heavy atom. The van der Waals surface area contributed by atoms with E-state index in [1.54, 1.807) is 0 Å². The topological polar surface area (TPSA) is 66.8 Å². The summed E-state index contributed by atoms with van der Waals surface area (Å²) in [7, 11) is 0. The zero-order valence-electron chi connectivity index (χ0n) is 15.3. The van der Waals surface area contributed by atoms with Crippen LogP contribution in [-0.4, -0.2) is 35.5 Å². The standard InChI is InChI=1S/C19H38O4/c1-3-5-12-18(13-6-4-2)23-19(22)14-10-8-7-9-11-17(15-20)16-21/h17-18,20-21H,3-16H2,1-2H3. The molecule has 4 nitrogen and oxygen atoms in total. The van der Waals surface area contributed by atoms with Gasteiger partial charge in [-0.3, -0.25) is 4.79 Å². The molecule has 0 aliphatic heterocycles. The van der Waals surface area contributed by atoms with Crippen LogP contribution in [0.5, 0.6) is 0 Å². The summed E-state index contributed by atoms with van der Waals surface area (Å²) in [5, 5.41) is 18.0. The van der Waals surface area contributed by atoms with Crippen molar-refractivity contribution in [1.82, 2.24) is 0 Å². The summed E-state index contributed by atoms with van der Waals surface area (Å²) in [5.41, 5.74) is 0. The Bertz CT molecular complexity index is 256. The molecule has 0 bridgehead atoms. The van der Waals surface area contributed by atoms with E-state index in [1.807, 2.05) is 0 Å². The third-order valence-electron chi connectivity index (χ3n) is 4.32. The Morgan fingerprint density at radius 3 is 1.91 bits per heavy atom. The lowest BCUT2D eigenvalue weighted by atomic mass is 10.0. The molecule has 0 aromatic carbocycles. The summed E-state index contributed by atoms with van der Waals surface area (Å²) in [5.74, 6) is -0.0383. The van der Waals surface area contributed by atoms with Crippen molar-refractivity contribution >= 4 is 5.97 Å². The minimum absolute atomic E-state index is 0.0119. The molecule has 0 amide bonds. The molecule has 0 aliphatic rings. The van der Waals surface area contributed by atoms with Crippen LogP contribution in [0, 0.1) is 5.92 Å². The maximum absolute atomic E-state index is 11.9. The van der Waals surface area contributed by atoms with E-state index in [-0.39, 0.29) is 31.2 Å². The van der Waals surface area contributed by atoms with Crippen LogP contribution in [0.2, 0.25) is 0 Å². The highest BCUT2D eigenvalue weighted by atomic mass is 16.5. The van der Waals surface area contributed by atoms with Gasteiger partial charge in [-0.25, -0.2) is 0 Å². The van der Waals surface area contributed by atoms with E-state index in [2.05, 4.69) is 13.8 Å². The molecule has 138 valence electrons. The molecule has 0 spiro atoms. The molecule has 4 heteroatoms. The lowest BCUT2D eigenvalue weighted by Gasteiger charge is -2.17. The SMILES string of the molecule is CCCCC(CCCC)OC(=O)CCCCCCC(CO)CO. The van der Waals surface area contributed by atoms with E-state index < -0.39 is 0 Å². The van der Waals surface area contributed by atoms with Gasteiger partial charge < -0.3 is 14.9 Å². The van der Waals surface area contributed by atoms with E-state index in [9.17, 15) is 4.79 Å². The third-order valence-corrected chi connectivity index (χ3v) is 4.32. The van der Waals surface area contributed by atoms with Crippen molar-refractivity contribution in [3.05, 3.63) is 0 Å². The van der Waals surface area contributed by atoms with Crippen LogP contribution in [0.25, 0.3) is 0 Å². The first-order valence-corrected chi connectivity index (χ1v) is 9.59. The second-order valence-corrected chi connectivity index (χ2v) is 6.58. The molecule has 0 aliphatic carbocycles. The lowest BCUT2D eigenvalue weighted by Crippen LogP contribution is -2.18. The van der Waals surface area contributed by atoms with Crippen molar-refractivity contribution in [3.63, 3.8) is 0 Å². The Kier molecular flexibility index (Phi) is 15.8. The van der Waals surface area contributed by atoms with Crippen LogP contribution in [0.4, 0.5) is 0 Å². The van der Waals surface area contributed by atoms with Crippen LogP contribution in [0.1, 0.15) is 90.9 Å². The normalized spacial score (nSPS) is 11.4. The van der Waals surface area contributed by atoms with Gasteiger partial charge in [0.2, 0.25) is 0 Å². The van der Waals surface area contributed by atoms with Gasteiger partial charge in [0.15, 0.2) is 0 Å². The van der Waals surface area contributed by atoms with E-state index >= 15 is 0 Å². The van der Waals surface area contributed by atoms with E-state index in [0.29, 0.717) is 6.42 Å². The number of rotatable bonds is 16. The van der Waals surface area contributed by atoms with Crippen molar-refractivity contribution in [3.8, 4) is 0 Å². The maximum atomic E-state index is 11.9. The van der Waals surface area contributed by atoms with Crippen LogP contribution in [0.15, 0.2) is 0 Å². The molecule has 0 unspecified atom stereocenters. The number of unbranched alkanes of at least 4 members (excludes halogenated alkanes) is 5. The molecule has 0 heterocycles. The number of carbonyl (C=O) groups is 1. The summed E-state index contributed by atoms with van der Waals surface area (Å²) in [6.07, 6.45) is 11.9. The first-order chi connectivity index (χ1) is 11.2. The maximum Gasteiger partial charge on any atom is 0.306 e. The molecule has 23 heavy (non-hydrogen) atoms. The van der Waals surface area contributed by atoms with E-state index in [0.717, 1.165) is 70.6 Å². The van der Waals surface area contributed by atoms with Gasteiger partial charge in [0.25, 0.3) is 0 Å². The predicted octanol–water partition coefficient (Wildman–Crippen LogP) is 4.22. The van der Waals surface area contributed by atoms with Gasteiger partial charge in [0.05, 0.1) is 0 Å². The molecule has 0 fully saturated rings. The molecular formula is C19H38O4. The summed E-state index contributed by atoms with van der Waals surface area (Å²) in [4.78, 5) is 11.9. The van der Waals surface area contributed by atoms with E-state index in [4.69, 9.17) is 14.9 Å². The Balaban J connectivity index is 3.73. The highest BCUT2D eigenvalue weighted by molar-refractivity contribution is 5.69. The second-order valence-electron chi connectivity index (χ2n) is 6.58. The fraction of sp³-hybridized carbons (Fsp3) is 0.947. The molecule has 0 atom stereocenters. The average molecular weight is 331 g/mol. The van der Waals surface area contributed by atoms with Gasteiger partial charge in [0.1, 0.15) is 6.10 Å². The van der Waals surface area contributed by atoms with Crippen LogP contribution < -0.4 is 0 Å². The third kappa shape index (κ3) is 13.5. The highest BCUT2D eigenvalue weighted by Crippen LogP contribution is 2.15. The van der Waals surface area contributed by atoms with Gasteiger partial charge in [-0.2, -0.15) is 0 Å². The Labute approximate surface area is 142 Å². The first kappa shape index (κ1) is 22.4. The highest BCUT2D eigenvalue weighted by Gasteiger charge is 2.13. The second kappa shape index (κ2) is 16.3. The Hall–Kier alpha value is -0.610. The monoisotopic (exact) mass is 330 g/mol. The number of esters is 1. The summed E-state index contributed by atoms with van der Waals surface area (Å²) in [6.45, 7) is 4.44. The minimum atomic E-state index is -0.0502. The lowest BCUT2D eigenvalue weighted by molar-refractivity contribution is -0.150. The molecule has 2 N–H and O–H groups in total. The zero-order valence-corrected chi connectivity index (χ0v) is 15.3. The number of aliphatic hydroxyl groups excluding tert-OH is 2. The zero-order chi connectivity index (χ0) is 17.3. The molecular weight excluding hydrogens is 292 g/mol. The van der Waals surface area contributed by atoms with Gasteiger partial charge in [-0.05, 0) is 25.7 Å².